The van der Waals surface area contributed by atoms with E-state index in [9.17, 15) is 14.9 Å². The van der Waals surface area contributed by atoms with Crippen LogP contribution in [0.25, 0.3) is 0 Å². The maximum atomic E-state index is 12.1. The third kappa shape index (κ3) is 5.88. The lowest BCUT2D eigenvalue weighted by atomic mass is 10.2. The van der Waals surface area contributed by atoms with Crippen molar-refractivity contribution < 1.29 is 14.5 Å². The molecule has 0 radical (unpaired) electrons. The van der Waals surface area contributed by atoms with Crippen LogP contribution in [-0.4, -0.2) is 17.0 Å². The summed E-state index contributed by atoms with van der Waals surface area (Å²) in [6, 6.07) is 18.7. The lowest BCUT2D eigenvalue weighted by molar-refractivity contribution is -0.384. The molecule has 0 bridgehead atoms. The maximum Gasteiger partial charge on any atom is 0.272 e. The molecule has 0 aliphatic rings. The molecule has 3 aromatic rings. The Bertz CT molecular complexity index is 1090. The van der Waals surface area contributed by atoms with Crippen molar-refractivity contribution in [2.24, 2.45) is 5.10 Å². The third-order valence-corrected chi connectivity index (χ3v) is 4.83. The molecular formula is C21H15BrClN3O4. The Morgan fingerprint density at radius 3 is 2.47 bits per heavy atom. The maximum absolute atomic E-state index is 12.1. The van der Waals surface area contributed by atoms with Crippen LogP contribution in [0.2, 0.25) is 5.02 Å². The number of nitro groups is 1. The van der Waals surface area contributed by atoms with E-state index in [1.54, 1.807) is 24.3 Å². The van der Waals surface area contributed by atoms with E-state index in [2.05, 4.69) is 26.5 Å². The fourth-order valence-corrected chi connectivity index (χ4v) is 2.95. The second-order valence-corrected chi connectivity index (χ2v) is 7.43. The monoisotopic (exact) mass is 487 g/mol. The summed E-state index contributed by atoms with van der Waals surface area (Å²) in [5.74, 6) is 0.136. The lowest BCUT2D eigenvalue weighted by Crippen LogP contribution is -2.18. The number of hydrogen-bond acceptors (Lipinski definition) is 5. The fourth-order valence-electron chi connectivity index (χ4n) is 2.42. The number of nitrogens with zero attached hydrogens (tertiary/aromatic N) is 2. The first kappa shape index (κ1) is 21.5. The number of nitrogens with one attached hydrogen (secondary N) is 1. The first-order valence-electron chi connectivity index (χ1n) is 8.67. The number of benzene rings is 3. The van der Waals surface area contributed by atoms with Gasteiger partial charge in [-0.15, -0.1) is 0 Å². The summed E-state index contributed by atoms with van der Waals surface area (Å²) in [6.45, 7) is 0.451. The average Bonchev–Trinajstić information content (AvgIpc) is 2.74. The van der Waals surface area contributed by atoms with Gasteiger partial charge in [-0.25, -0.2) is 5.43 Å². The van der Waals surface area contributed by atoms with Gasteiger partial charge in [0.15, 0.2) is 0 Å². The molecule has 1 N–H and O–H groups in total. The first-order valence-corrected chi connectivity index (χ1v) is 9.84. The Hall–Kier alpha value is -3.23. The minimum Gasteiger partial charge on any atom is -0.489 e. The van der Waals surface area contributed by atoms with Crippen molar-refractivity contribution in [2.75, 3.05) is 0 Å². The second-order valence-electron chi connectivity index (χ2n) is 6.10. The highest BCUT2D eigenvalue weighted by atomic mass is 79.9. The molecule has 9 heteroatoms. The smallest absolute Gasteiger partial charge is 0.272 e. The molecule has 0 fully saturated rings. The van der Waals surface area contributed by atoms with Gasteiger partial charge in [-0.05, 0) is 53.6 Å². The van der Waals surface area contributed by atoms with Crippen LogP contribution >= 0.6 is 27.5 Å². The zero-order chi connectivity index (χ0) is 21.5. The summed E-state index contributed by atoms with van der Waals surface area (Å²) in [5.41, 5.74) is 4.05. The van der Waals surface area contributed by atoms with E-state index in [0.717, 1.165) is 21.7 Å². The standard InChI is InChI=1S/C21H15BrClN3O4/c22-16-5-1-15(2-6-16)13-30-18-8-3-14(4-9-18)12-24-25-21(27)19-10-7-17(26(28)29)11-20(19)23/h1-12H,13H2,(H,25,27)/b24-12+. The topological polar surface area (TPSA) is 93.8 Å². The summed E-state index contributed by atoms with van der Waals surface area (Å²) in [6.07, 6.45) is 1.47. The number of carbonyl (C=O) groups is 1. The molecule has 3 rings (SSSR count). The zero-order valence-electron chi connectivity index (χ0n) is 15.4. The highest BCUT2D eigenvalue weighted by Gasteiger charge is 2.14. The van der Waals surface area contributed by atoms with Crippen LogP contribution in [0.1, 0.15) is 21.5 Å². The molecule has 30 heavy (non-hydrogen) atoms. The van der Waals surface area contributed by atoms with Gasteiger partial charge in [-0.3, -0.25) is 14.9 Å². The number of carbonyl (C=O) groups excluding carboxylic acids is 1. The van der Waals surface area contributed by atoms with E-state index >= 15 is 0 Å². The van der Waals surface area contributed by atoms with E-state index in [1.807, 2.05) is 24.3 Å². The van der Waals surface area contributed by atoms with Crippen LogP contribution in [0, 0.1) is 10.1 Å². The molecule has 0 aliphatic heterocycles. The molecular weight excluding hydrogens is 474 g/mol. The van der Waals surface area contributed by atoms with E-state index in [1.165, 1.54) is 18.3 Å². The number of halogens is 2. The Morgan fingerprint density at radius 1 is 1.13 bits per heavy atom. The van der Waals surface area contributed by atoms with Gasteiger partial charge in [0, 0.05) is 16.6 Å². The Balaban J connectivity index is 1.54. The van der Waals surface area contributed by atoms with Crippen molar-refractivity contribution in [1.82, 2.24) is 5.43 Å². The molecule has 0 unspecified atom stereocenters. The molecule has 0 aliphatic carbocycles. The number of hydrazone groups is 1. The summed E-state index contributed by atoms with van der Waals surface area (Å²) in [5, 5.41) is 14.6. The van der Waals surface area contributed by atoms with Gasteiger partial charge in [0.25, 0.3) is 11.6 Å². The van der Waals surface area contributed by atoms with Crippen LogP contribution in [0.4, 0.5) is 5.69 Å². The quantitative estimate of drug-likeness (QED) is 0.275. The normalized spacial score (nSPS) is 10.7. The summed E-state index contributed by atoms with van der Waals surface area (Å²) >= 11 is 9.32. The van der Waals surface area contributed by atoms with Crippen molar-refractivity contribution in [3.05, 3.63) is 103 Å². The average molecular weight is 489 g/mol. The van der Waals surface area contributed by atoms with Gasteiger partial charge in [0.05, 0.1) is 21.7 Å². The Morgan fingerprint density at radius 2 is 1.83 bits per heavy atom. The highest BCUT2D eigenvalue weighted by molar-refractivity contribution is 9.10. The number of nitro benzene ring substituents is 1. The number of amides is 1. The molecule has 7 nitrogen and oxygen atoms in total. The highest BCUT2D eigenvalue weighted by Crippen LogP contribution is 2.22. The first-order chi connectivity index (χ1) is 14.4. The van der Waals surface area contributed by atoms with Crippen molar-refractivity contribution in [3.63, 3.8) is 0 Å². The number of hydrogen-bond donors (Lipinski definition) is 1. The molecule has 0 saturated carbocycles. The van der Waals surface area contributed by atoms with Crippen molar-refractivity contribution >= 4 is 45.3 Å². The molecule has 0 spiro atoms. The molecule has 0 aromatic heterocycles. The van der Waals surface area contributed by atoms with E-state index in [0.29, 0.717) is 12.4 Å². The Labute approximate surface area is 185 Å². The van der Waals surface area contributed by atoms with E-state index in [4.69, 9.17) is 16.3 Å². The molecule has 0 atom stereocenters. The van der Waals surface area contributed by atoms with Gasteiger partial charge in [-0.1, -0.05) is 39.7 Å². The SMILES string of the molecule is O=C(N/N=C/c1ccc(OCc2ccc(Br)cc2)cc1)c1ccc([N+](=O)[O-])cc1Cl. The lowest BCUT2D eigenvalue weighted by Gasteiger charge is -2.06. The van der Waals surface area contributed by atoms with Gasteiger partial charge >= 0.3 is 0 Å². The molecule has 3 aromatic carbocycles. The zero-order valence-corrected chi connectivity index (χ0v) is 17.8. The summed E-state index contributed by atoms with van der Waals surface area (Å²) in [7, 11) is 0. The Kier molecular flexibility index (Phi) is 7.16. The van der Waals surface area contributed by atoms with Crippen molar-refractivity contribution in [1.29, 1.82) is 0 Å². The summed E-state index contributed by atoms with van der Waals surface area (Å²) in [4.78, 5) is 22.3. The largest absolute Gasteiger partial charge is 0.489 e. The van der Waals surface area contributed by atoms with Crippen LogP contribution in [0.15, 0.2) is 76.3 Å². The number of ether oxygens (including phenoxy) is 1. The minimum absolute atomic E-state index is 0.0239. The van der Waals surface area contributed by atoms with Gasteiger partial charge < -0.3 is 4.74 Å². The molecule has 0 saturated heterocycles. The van der Waals surface area contributed by atoms with Crippen molar-refractivity contribution in [2.45, 2.75) is 6.61 Å². The van der Waals surface area contributed by atoms with Crippen LogP contribution in [0.3, 0.4) is 0 Å². The number of rotatable bonds is 7. The van der Waals surface area contributed by atoms with E-state index < -0.39 is 10.8 Å². The predicted octanol–water partition coefficient (Wildman–Crippen LogP) is 5.35. The van der Waals surface area contributed by atoms with Crippen LogP contribution < -0.4 is 10.2 Å². The molecule has 152 valence electrons. The molecule has 1 amide bonds. The van der Waals surface area contributed by atoms with Crippen LogP contribution in [-0.2, 0) is 6.61 Å². The third-order valence-electron chi connectivity index (χ3n) is 3.99. The fraction of sp³-hybridized carbons (Fsp3) is 0.0476. The van der Waals surface area contributed by atoms with Gasteiger partial charge in [0.2, 0.25) is 0 Å². The van der Waals surface area contributed by atoms with E-state index in [-0.39, 0.29) is 16.3 Å². The minimum atomic E-state index is -0.585. The second kappa shape index (κ2) is 10.00. The number of non-ortho nitro benzene ring substituents is 1. The van der Waals surface area contributed by atoms with Gasteiger partial charge in [0.1, 0.15) is 12.4 Å². The van der Waals surface area contributed by atoms with Gasteiger partial charge in [-0.2, -0.15) is 5.10 Å². The van der Waals surface area contributed by atoms with Crippen LogP contribution in [0.5, 0.6) is 5.75 Å². The molecule has 0 heterocycles. The summed E-state index contributed by atoms with van der Waals surface area (Å²) < 4.78 is 6.75. The van der Waals surface area contributed by atoms with Crippen molar-refractivity contribution in [3.8, 4) is 5.75 Å². The predicted molar refractivity (Wildman–Crippen MR) is 118 cm³/mol.